The molecule has 1 aliphatic heterocycles. The Bertz CT molecular complexity index is 1030. The number of benzene rings is 3. The number of phenols is 2. The zero-order valence-electron chi connectivity index (χ0n) is 14.7. The highest BCUT2D eigenvalue weighted by Crippen LogP contribution is 2.52. The van der Waals surface area contributed by atoms with E-state index in [9.17, 15) is 10.2 Å². The van der Waals surface area contributed by atoms with Gasteiger partial charge in [-0.25, -0.2) is 0 Å². The number of aryl methyl sites for hydroxylation is 1. The summed E-state index contributed by atoms with van der Waals surface area (Å²) in [5, 5.41) is 28.0. The molecule has 0 spiro atoms. The van der Waals surface area contributed by atoms with Crippen LogP contribution < -0.4 is 14.8 Å². The van der Waals surface area contributed by atoms with E-state index in [2.05, 4.69) is 19.2 Å². The van der Waals surface area contributed by atoms with Gasteiger partial charge in [-0.15, -0.1) is 0 Å². The first-order valence-electron chi connectivity index (χ1n) is 8.27. The smallest absolute Gasteiger partial charge is 0.201 e. The number of nitrogens with one attached hydrogen (secondary N) is 1. The van der Waals surface area contributed by atoms with Gasteiger partial charge in [0, 0.05) is 23.5 Å². The molecule has 0 bridgehead atoms. The molecule has 1 aliphatic rings. The van der Waals surface area contributed by atoms with Gasteiger partial charge < -0.3 is 25.0 Å². The molecular weight excluding hydrogens is 318 g/mol. The highest BCUT2D eigenvalue weighted by atomic mass is 16.5. The Balaban J connectivity index is 2.37. The van der Waals surface area contributed by atoms with Crippen LogP contribution in [0.1, 0.15) is 29.7 Å². The topological polar surface area (TPSA) is 71.0 Å². The summed E-state index contributed by atoms with van der Waals surface area (Å²) in [6, 6.07) is 5.44. The van der Waals surface area contributed by atoms with Gasteiger partial charge in [-0.1, -0.05) is 0 Å². The summed E-state index contributed by atoms with van der Waals surface area (Å²) in [5.74, 6) is 1.08. The van der Waals surface area contributed by atoms with Gasteiger partial charge in [0.2, 0.25) is 5.75 Å². The van der Waals surface area contributed by atoms with Crippen molar-refractivity contribution in [2.75, 3.05) is 14.2 Å². The van der Waals surface area contributed by atoms with Crippen LogP contribution in [0.25, 0.3) is 21.5 Å². The van der Waals surface area contributed by atoms with Crippen molar-refractivity contribution in [3.63, 3.8) is 0 Å². The van der Waals surface area contributed by atoms with Crippen molar-refractivity contribution in [1.82, 2.24) is 5.32 Å². The molecule has 0 amide bonds. The van der Waals surface area contributed by atoms with Crippen LogP contribution in [-0.2, 0) is 6.54 Å². The third-order valence-electron chi connectivity index (χ3n) is 5.26. The summed E-state index contributed by atoms with van der Waals surface area (Å²) in [6.45, 7) is 4.79. The van der Waals surface area contributed by atoms with Crippen molar-refractivity contribution in [1.29, 1.82) is 0 Å². The molecule has 1 unspecified atom stereocenters. The number of phenolic OH excluding ortho intramolecular Hbond substituents is 2. The fourth-order valence-electron chi connectivity index (χ4n) is 4.18. The van der Waals surface area contributed by atoms with E-state index in [1.807, 2.05) is 6.07 Å². The number of rotatable bonds is 2. The Hall–Kier alpha value is -2.66. The van der Waals surface area contributed by atoms with Gasteiger partial charge >= 0.3 is 0 Å². The first kappa shape index (κ1) is 15.8. The number of methoxy groups -OCH3 is 2. The second-order valence-electron chi connectivity index (χ2n) is 6.51. The Kier molecular flexibility index (Phi) is 3.44. The Morgan fingerprint density at radius 3 is 2.44 bits per heavy atom. The third-order valence-corrected chi connectivity index (χ3v) is 5.26. The Morgan fingerprint density at radius 2 is 1.76 bits per heavy atom. The Morgan fingerprint density at radius 1 is 1.04 bits per heavy atom. The number of hydrogen-bond donors (Lipinski definition) is 3. The molecule has 3 aromatic rings. The van der Waals surface area contributed by atoms with Crippen LogP contribution in [0, 0.1) is 6.92 Å². The molecule has 0 aromatic heterocycles. The molecule has 0 saturated heterocycles. The zero-order valence-corrected chi connectivity index (χ0v) is 14.7. The predicted molar refractivity (Wildman–Crippen MR) is 97.9 cm³/mol. The number of fused-ring (bicyclic) bond motifs is 2. The van der Waals surface area contributed by atoms with Crippen molar-refractivity contribution in [2.45, 2.75) is 26.4 Å². The fraction of sp³-hybridized carbons (Fsp3) is 0.300. The largest absolute Gasteiger partial charge is 0.508 e. The van der Waals surface area contributed by atoms with Crippen molar-refractivity contribution >= 4 is 21.5 Å². The first-order valence-corrected chi connectivity index (χ1v) is 8.27. The quantitative estimate of drug-likeness (QED) is 0.618. The second kappa shape index (κ2) is 5.43. The van der Waals surface area contributed by atoms with Crippen LogP contribution >= 0.6 is 0 Å². The second-order valence-corrected chi connectivity index (χ2v) is 6.51. The van der Waals surface area contributed by atoms with Gasteiger partial charge in [0.25, 0.3) is 0 Å². The molecule has 5 heteroatoms. The minimum absolute atomic E-state index is 0.00744. The summed E-state index contributed by atoms with van der Waals surface area (Å²) in [7, 11) is 3.10. The maximum absolute atomic E-state index is 10.7. The Labute approximate surface area is 145 Å². The van der Waals surface area contributed by atoms with Crippen LogP contribution in [0.2, 0.25) is 0 Å². The van der Waals surface area contributed by atoms with Gasteiger partial charge in [-0.05, 0) is 59.3 Å². The molecule has 25 heavy (non-hydrogen) atoms. The van der Waals surface area contributed by atoms with Crippen molar-refractivity contribution < 1.29 is 19.7 Å². The lowest BCUT2D eigenvalue weighted by Crippen LogP contribution is -2.25. The molecule has 1 heterocycles. The van der Waals surface area contributed by atoms with E-state index in [4.69, 9.17) is 9.47 Å². The molecule has 3 aromatic carbocycles. The molecule has 0 fully saturated rings. The van der Waals surface area contributed by atoms with E-state index in [1.165, 1.54) is 0 Å². The monoisotopic (exact) mass is 339 g/mol. The molecule has 1 atom stereocenters. The van der Waals surface area contributed by atoms with E-state index >= 15 is 0 Å². The van der Waals surface area contributed by atoms with E-state index in [-0.39, 0.29) is 17.5 Å². The maximum atomic E-state index is 10.7. The number of aromatic hydroxyl groups is 2. The van der Waals surface area contributed by atoms with Gasteiger partial charge in [-0.2, -0.15) is 0 Å². The van der Waals surface area contributed by atoms with Gasteiger partial charge in [0.1, 0.15) is 5.75 Å². The highest BCUT2D eigenvalue weighted by Gasteiger charge is 2.30. The SMILES string of the molecule is COc1c(O)c(OC)c2c3c1CNC(C)c3c(C)c1cc(O)ccc12. The van der Waals surface area contributed by atoms with E-state index in [1.54, 1.807) is 26.4 Å². The molecule has 0 aliphatic carbocycles. The average Bonchev–Trinajstić information content (AvgIpc) is 2.60. The molecular formula is C20H21NO4. The standard InChI is InChI=1S/C20H21NO4/c1-9-13-7-11(22)5-6-12(13)17-16-14(8-21-10(2)15(9)16)19(24-3)18(23)20(17)25-4/h5-7,10,21-23H,8H2,1-4H3. The molecule has 0 saturated carbocycles. The van der Waals surface area contributed by atoms with Gasteiger partial charge in [-0.3, -0.25) is 0 Å². The molecule has 130 valence electrons. The van der Waals surface area contributed by atoms with Crippen LogP contribution in [0.4, 0.5) is 0 Å². The maximum Gasteiger partial charge on any atom is 0.201 e. The van der Waals surface area contributed by atoms with Crippen LogP contribution in [0.15, 0.2) is 18.2 Å². The van der Waals surface area contributed by atoms with Crippen molar-refractivity contribution in [2.24, 2.45) is 0 Å². The van der Waals surface area contributed by atoms with Crippen LogP contribution in [0.5, 0.6) is 23.0 Å². The lowest BCUT2D eigenvalue weighted by Gasteiger charge is -2.30. The normalized spacial score (nSPS) is 16.4. The summed E-state index contributed by atoms with van der Waals surface area (Å²) < 4.78 is 11.1. The van der Waals surface area contributed by atoms with E-state index in [0.717, 1.165) is 38.2 Å². The molecule has 3 N–H and O–H groups in total. The first-order chi connectivity index (χ1) is 12.0. The lowest BCUT2D eigenvalue weighted by molar-refractivity contribution is 0.339. The summed E-state index contributed by atoms with van der Waals surface area (Å²) in [4.78, 5) is 0. The van der Waals surface area contributed by atoms with Crippen LogP contribution in [0.3, 0.4) is 0 Å². The minimum Gasteiger partial charge on any atom is -0.508 e. The third kappa shape index (κ3) is 1.99. The lowest BCUT2D eigenvalue weighted by atomic mass is 9.83. The van der Waals surface area contributed by atoms with Crippen molar-refractivity contribution in [3.05, 3.63) is 34.9 Å². The molecule has 0 radical (unpaired) electrons. The summed E-state index contributed by atoms with van der Waals surface area (Å²) in [6.07, 6.45) is 0. The average molecular weight is 339 g/mol. The fourth-order valence-corrected chi connectivity index (χ4v) is 4.18. The minimum atomic E-state index is 0.00744. The van der Waals surface area contributed by atoms with Crippen molar-refractivity contribution in [3.8, 4) is 23.0 Å². The van der Waals surface area contributed by atoms with Gasteiger partial charge in [0.15, 0.2) is 11.5 Å². The van der Waals surface area contributed by atoms with Crippen LogP contribution in [-0.4, -0.2) is 24.4 Å². The number of ether oxygens (including phenoxy) is 2. The molecule has 4 rings (SSSR count). The zero-order chi connectivity index (χ0) is 17.9. The summed E-state index contributed by atoms with van der Waals surface area (Å²) >= 11 is 0. The summed E-state index contributed by atoms with van der Waals surface area (Å²) in [5.41, 5.74) is 3.18. The predicted octanol–water partition coefficient (Wildman–Crippen LogP) is 3.89. The van der Waals surface area contributed by atoms with Gasteiger partial charge in [0.05, 0.1) is 14.2 Å². The van der Waals surface area contributed by atoms with E-state index < -0.39 is 0 Å². The highest BCUT2D eigenvalue weighted by molar-refractivity contribution is 6.16. The molecule has 5 nitrogen and oxygen atoms in total. The number of hydrogen-bond acceptors (Lipinski definition) is 5. The van der Waals surface area contributed by atoms with E-state index in [0.29, 0.717) is 18.0 Å².